The van der Waals surface area contributed by atoms with Crippen LogP contribution >= 0.6 is 11.6 Å². The summed E-state index contributed by atoms with van der Waals surface area (Å²) in [6, 6.07) is 21.5. The van der Waals surface area contributed by atoms with Gasteiger partial charge in [-0.1, -0.05) is 72.3 Å². The number of carbonyl (C=O) groups excluding carboxylic acids is 3. The fourth-order valence-electron chi connectivity index (χ4n) is 5.50. The molecule has 0 saturated carbocycles. The van der Waals surface area contributed by atoms with Crippen LogP contribution in [0, 0.1) is 0 Å². The molecule has 15 heteroatoms. The lowest BCUT2D eigenvalue weighted by Crippen LogP contribution is -2.28. The molecule has 4 N–H and O–H groups in total. The van der Waals surface area contributed by atoms with E-state index in [4.69, 9.17) is 17.3 Å². The van der Waals surface area contributed by atoms with E-state index in [9.17, 15) is 24.0 Å². The number of benzene rings is 2. The van der Waals surface area contributed by atoms with Crippen LogP contribution < -0.4 is 27.5 Å². The van der Waals surface area contributed by atoms with Crippen LogP contribution in [0.2, 0.25) is 5.02 Å². The number of pyridine rings is 2. The van der Waals surface area contributed by atoms with E-state index in [2.05, 4.69) is 30.8 Å². The van der Waals surface area contributed by atoms with Gasteiger partial charge in [0.05, 0.1) is 45.5 Å². The van der Waals surface area contributed by atoms with Crippen LogP contribution in [0.4, 0.5) is 22.7 Å². The molecule has 0 aliphatic heterocycles. The first-order valence-electron chi connectivity index (χ1n) is 16.8. The first-order valence-corrected chi connectivity index (χ1v) is 17.1. The molecule has 2 aromatic carbocycles. The Morgan fingerprint density at radius 1 is 0.667 bits per heavy atom. The smallest absolute Gasteiger partial charge is 0.291 e. The van der Waals surface area contributed by atoms with Crippen LogP contribution in [0.5, 0.6) is 0 Å². The number of rotatable bonds is 11. The number of hydrogen-bond acceptors (Lipinski definition) is 11. The molecule has 54 heavy (non-hydrogen) atoms. The average molecular weight is 746 g/mol. The fourth-order valence-corrected chi connectivity index (χ4v) is 5.67. The zero-order valence-electron chi connectivity index (χ0n) is 29.8. The second kappa shape index (κ2) is 17.1. The Morgan fingerprint density at radius 2 is 1.09 bits per heavy atom. The Labute approximate surface area is 314 Å². The molecule has 4 aromatic heterocycles. The molecule has 0 radical (unpaired) electrons. The predicted octanol–water partition coefficient (Wildman–Crippen LogP) is 6.30. The highest BCUT2D eigenvalue weighted by molar-refractivity contribution is 6.30. The van der Waals surface area contributed by atoms with Crippen molar-refractivity contribution in [3.05, 3.63) is 140 Å². The summed E-state index contributed by atoms with van der Waals surface area (Å²) in [5.41, 5.74) is 8.51. The third-order valence-electron chi connectivity index (χ3n) is 7.98. The fraction of sp³-hybridized carbons (Fsp3) is 0.154. The van der Waals surface area contributed by atoms with Crippen molar-refractivity contribution in [3.63, 3.8) is 0 Å². The van der Waals surface area contributed by atoms with Gasteiger partial charge in [0.15, 0.2) is 11.6 Å². The molecule has 0 spiro atoms. The maximum atomic E-state index is 12.9. The average Bonchev–Trinajstić information content (AvgIpc) is 3.17. The highest BCUT2D eigenvalue weighted by Gasteiger charge is 2.23. The van der Waals surface area contributed by atoms with Crippen molar-refractivity contribution in [2.45, 2.75) is 40.8 Å². The van der Waals surface area contributed by atoms with Crippen molar-refractivity contribution in [2.75, 3.05) is 10.6 Å². The maximum absolute atomic E-state index is 12.9. The van der Waals surface area contributed by atoms with Gasteiger partial charge < -0.3 is 16.4 Å². The monoisotopic (exact) mass is 745 g/mol. The second-order valence-electron chi connectivity index (χ2n) is 11.8. The van der Waals surface area contributed by atoms with Gasteiger partial charge in [0.1, 0.15) is 22.8 Å². The van der Waals surface area contributed by atoms with Gasteiger partial charge in [-0.3, -0.25) is 33.9 Å². The van der Waals surface area contributed by atoms with E-state index in [1.807, 2.05) is 67.6 Å². The molecule has 6 aromatic rings. The van der Waals surface area contributed by atoms with E-state index in [-0.39, 0.29) is 45.2 Å². The lowest BCUT2D eigenvalue weighted by atomic mass is 10.0. The summed E-state index contributed by atoms with van der Waals surface area (Å²) in [7, 11) is 0. The molecule has 0 unspecified atom stereocenters. The number of aromatic nitrogens is 6. The molecular weight excluding hydrogens is 710 g/mol. The number of nitrogens with one attached hydrogen (secondary N) is 2. The summed E-state index contributed by atoms with van der Waals surface area (Å²) in [6.45, 7) is 7.10. The van der Waals surface area contributed by atoms with Gasteiger partial charge in [-0.15, -0.1) is 0 Å². The van der Waals surface area contributed by atoms with E-state index in [1.165, 1.54) is 54.1 Å². The minimum absolute atomic E-state index is 0.0756. The van der Waals surface area contributed by atoms with Gasteiger partial charge in [-0.05, 0) is 39.8 Å². The molecular formula is C39H36ClN9O5. The largest absolute Gasteiger partial charge is 0.366 e. The number of ketones is 2. The number of nitrogens with two attached hydrogens (primary N) is 1. The zero-order chi connectivity index (χ0) is 38.9. The minimum atomic E-state index is -0.645. The van der Waals surface area contributed by atoms with Gasteiger partial charge >= 0.3 is 0 Å². The lowest BCUT2D eigenvalue weighted by molar-refractivity contribution is 0.0994. The number of aryl methyl sites for hydroxylation is 2. The van der Waals surface area contributed by atoms with Crippen LogP contribution in [0.1, 0.15) is 58.8 Å². The minimum Gasteiger partial charge on any atom is -0.366 e. The standard InChI is InChI=1S/C20H19N5O3.C19H17ClN4O2/c1-3-25-20(28)18(23-15-9-14(19(21)27)10-22-11-15)16(12(2)26)17(24-25)13-7-5-4-6-8-13;1-3-24-19(26)18(22-15-9-14(20)10-21-11-15)16(12(2)25)17(23-24)13-7-5-4-6-8-13/h4-11,23H,3H2,1-2H3,(H2,21,27);4-11,22H,3H2,1-2H3. The predicted molar refractivity (Wildman–Crippen MR) is 208 cm³/mol. The summed E-state index contributed by atoms with van der Waals surface area (Å²) in [4.78, 5) is 70.0. The van der Waals surface area contributed by atoms with Crippen molar-refractivity contribution in [2.24, 2.45) is 5.73 Å². The highest BCUT2D eigenvalue weighted by Crippen LogP contribution is 2.29. The molecule has 6 rings (SSSR count). The van der Waals surface area contributed by atoms with Crippen molar-refractivity contribution >= 4 is 51.8 Å². The summed E-state index contributed by atoms with van der Waals surface area (Å²) in [5.74, 6) is -1.21. The molecule has 14 nitrogen and oxygen atoms in total. The van der Waals surface area contributed by atoms with Gasteiger partial charge in [-0.2, -0.15) is 10.2 Å². The SMILES string of the molecule is CCn1nc(-c2ccccc2)c(C(C)=O)c(Nc2cncc(C(N)=O)c2)c1=O.CCn1nc(-c2ccccc2)c(C(C)=O)c(Nc2cncc(Cl)c2)c1=O. The summed E-state index contributed by atoms with van der Waals surface area (Å²) >= 11 is 5.97. The van der Waals surface area contributed by atoms with E-state index >= 15 is 0 Å². The Kier molecular flexibility index (Phi) is 12.2. The van der Waals surface area contributed by atoms with Gasteiger partial charge in [0, 0.05) is 36.6 Å². The highest BCUT2D eigenvalue weighted by atomic mass is 35.5. The number of Topliss-reactive ketones (excluding diaryl/α,β-unsaturated/α-hetero) is 2. The summed E-state index contributed by atoms with van der Waals surface area (Å²) < 4.78 is 2.61. The Bertz CT molecular complexity index is 2470. The number of carbonyl (C=O) groups is 3. The van der Waals surface area contributed by atoms with Crippen LogP contribution in [0.3, 0.4) is 0 Å². The van der Waals surface area contributed by atoms with E-state index in [1.54, 1.807) is 13.0 Å². The summed E-state index contributed by atoms with van der Waals surface area (Å²) in [5, 5.41) is 15.2. The molecule has 0 aliphatic rings. The third kappa shape index (κ3) is 8.62. The van der Waals surface area contributed by atoms with Crippen molar-refractivity contribution < 1.29 is 14.4 Å². The Hall–Kier alpha value is -6.80. The van der Waals surface area contributed by atoms with Crippen LogP contribution in [-0.4, -0.2) is 47.0 Å². The van der Waals surface area contributed by atoms with Crippen molar-refractivity contribution in [1.82, 2.24) is 29.5 Å². The molecule has 0 bridgehead atoms. The first kappa shape index (κ1) is 38.4. The van der Waals surface area contributed by atoms with Gasteiger partial charge in [0.25, 0.3) is 11.1 Å². The maximum Gasteiger partial charge on any atom is 0.291 e. The molecule has 0 aliphatic carbocycles. The lowest BCUT2D eigenvalue weighted by Gasteiger charge is -2.16. The topological polar surface area (TPSA) is 197 Å². The number of primary amides is 1. The molecule has 0 fully saturated rings. The van der Waals surface area contributed by atoms with E-state index in [0.717, 1.165) is 5.56 Å². The zero-order valence-corrected chi connectivity index (χ0v) is 30.6. The number of hydrogen-bond donors (Lipinski definition) is 3. The molecule has 0 saturated heterocycles. The normalized spacial score (nSPS) is 10.5. The van der Waals surface area contributed by atoms with Gasteiger partial charge in [-0.25, -0.2) is 9.36 Å². The molecule has 4 heterocycles. The number of halogens is 1. The van der Waals surface area contributed by atoms with Gasteiger partial charge in [0.2, 0.25) is 5.91 Å². The van der Waals surface area contributed by atoms with E-state index < -0.39 is 11.5 Å². The van der Waals surface area contributed by atoms with Crippen LogP contribution in [0.15, 0.2) is 107 Å². The number of nitrogens with zero attached hydrogens (tertiary/aromatic N) is 6. The van der Waals surface area contributed by atoms with Crippen molar-refractivity contribution in [1.29, 1.82) is 0 Å². The number of anilines is 4. The van der Waals surface area contributed by atoms with Crippen LogP contribution in [0.25, 0.3) is 22.5 Å². The molecule has 1 amide bonds. The van der Waals surface area contributed by atoms with E-state index in [0.29, 0.717) is 46.4 Å². The van der Waals surface area contributed by atoms with Crippen LogP contribution in [-0.2, 0) is 13.1 Å². The number of amides is 1. The second-order valence-corrected chi connectivity index (χ2v) is 12.2. The molecule has 0 atom stereocenters. The Morgan fingerprint density at radius 3 is 1.48 bits per heavy atom. The quantitative estimate of drug-likeness (QED) is 0.126. The third-order valence-corrected chi connectivity index (χ3v) is 8.18. The first-order chi connectivity index (χ1) is 25.9. The molecule has 274 valence electrons. The Balaban J connectivity index is 0.000000208. The van der Waals surface area contributed by atoms with Crippen molar-refractivity contribution in [3.8, 4) is 22.5 Å². The summed E-state index contributed by atoms with van der Waals surface area (Å²) in [6.07, 6.45) is 5.79.